The number of piperazine rings is 1. The lowest BCUT2D eigenvalue weighted by atomic mass is 10.1. The molecular weight excluding hydrogens is 374 g/mol. The van der Waals surface area contributed by atoms with Crippen molar-refractivity contribution >= 4 is 11.6 Å². The number of benzene rings is 2. The summed E-state index contributed by atoms with van der Waals surface area (Å²) >= 11 is 0. The van der Waals surface area contributed by atoms with Crippen LogP contribution in [0.1, 0.15) is 10.4 Å². The van der Waals surface area contributed by atoms with Crippen molar-refractivity contribution in [2.75, 3.05) is 46.4 Å². The first-order chi connectivity index (χ1) is 13.9. The van der Waals surface area contributed by atoms with Gasteiger partial charge in [0.05, 0.1) is 38.2 Å². The predicted molar refractivity (Wildman–Crippen MR) is 108 cm³/mol. The number of likely N-dealkylation sites (N-methyl/N-ethyl adjacent to an activating group) is 1. The van der Waals surface area contributed by atoms with Gasteiger partial charge in [0, 0.05) is 17.7 Å². The third kappa shape index (κ3) is 5.52. The van der Waals surface area contributed by atoms with Gasteiger partial charge in [-0.1, -0.05) is 18.2 Å². The molecule has 2 aromatic carbocycles. The van der Waals surface area contributed by atoms with E-state index in [2.05, 4.69) is 7.05 Å². The second-order valence-corrected chi connectivity index (χ2v) is 7.62. The standard InChI is InChI=1S/C21H26N3O5/c1-24(15-19(25)16-29-20-5-3-2-4-6-20)13-11-22(12-14-24)21(26)17-7-9-18(10-8-17)23(27)28/h2-10,19,25H,11-16H2,1H3/q+1/t19-/m1/s1. The van der Waals surface area contributed by atoms with Gasteiger partial charge in [0.25, 0.3) is 11.6 Å². The van der Waals surface area contributed by atoms with Gasteiger partial charge < -0.3 is 19.2 Å². The number of nitro groups is 1. The van der Waals surface area contributed by atoms with E-state index in [4.69, 9.17) is 4.74 Å². The first kappa shape index (κ1) is 20.8. The molecule has 3 rings (SSSR count). The Morgan fingerprint density at radius 2 is 1.79 bits per heavy atom. The molecule has 0 radical (unpaired) electrons. The van der Waals surface area contributed by atoms with Crippen molar-refractivity contribution in [2.24, 2.45) is 0 Å². The summed E-state index contributed by atoms with van der Waals surface area (Å²) in [6, 6.07) is 15.1. The number of para-hydroxylation sites is 1. The molecule has 1 heterocycles. The second kappa shape index (κ2) is 9.02. The number of carbonyl (C=O) groups excluding carboxylic acids is 1. The maximum atomic E-state index is 12.7. The number of nitro benzene ring substituents is 1. The van der Waals surface area contributed by atoms with Gasteiger partial charge in [-0.3, -0.25) is 14.9 Å². The lowest BCUT2D eigenvalue weighted by molar-refractivity contribution is -0.916. The summed E-state index contributed by atoms with van der Waals surface area (Å²) in [6.07, 6.45) is -0.600. The summed E-state index contributed by atoms with van der Waals surface area (Å²) < 4.78 is 6.28. The molecule has 8 heteroatoms. The Morgan fingerprint density at radius 3 is 2.38 bits per heavy atom. The van der Waals surface area contributed by atoms with Gasteiger partial charge >= 0.3 is 0 Å². The van der Waals surface area contributed by atoms with E-state index in [1.807, 2.05) is 30.3 Å². The molecule has 8 nitrogen and oxygen atoms in total. The van der Waals surface area contributed by atoms with Crippen LogP contribution in [0.3, 0.4) is 0 Å². The van der Waals surface area contributed by atoms with Crippen molar-refractivity contribution in [3.8, 4) is 5.75 Å². The highest BCUT2D eigenvalue weighted by atomic mass is 16.6. The molecule has 154 valence electrons. The number of hydrogen-bond acceptors (Lipinski definition) is 5. The molecule has 1 saturated heterocycles. The maximum Gasteiger partial charge on any atom is 0.269 e. The molecule has 0 spiro atoms. The van der Waals surface area contributed by atoms with Gasteiger partial charge in [-0.15, -0.1) is 0 Å². The number of aliphatic hydroxyl groups excluding tert-OH is 1. The summed E-state index contributed by atoms with van der Waals surface area (Å²) in [5.41, 5.74) is 0.416. The molecule has 1 N–H and O–H groups in total. The third-order valence-corrected chi connectivity index (χ3v) is 5.27. The van der Waals surface area contributed by atoms with E-state index < -0.39 is 11.0 Å². The molecule has 0 aromatic heterocycles. The summed E-state index contributed by atoms with van der Waals surface area (Å²) in [4.78, 5) is 24.7. The third-order valence-electron chi connectivity index (χ3n) is 5.27. The summed E-state index contributed by atoms with van der Waals surface area (Å²) in [5.74, 6) is 0.604. The van der Waals surface area contributed by atoms with Crippen molar-refractivity contribution < 1.29 is 24.0 Å². The molecule has 0 unspecified atom stereocenters. The number of hydrogen-bond donors (Lipinski definition) is 1. The number of ether oxygens (including phenoxy) is 1. The SMILES string of the molecule is C[N+]1(C[C@@H](O)COc2ccccc2)CCN(C(=O)c2ccc([N+](=O)[O-])cc2)CC1. The Hall–Kier alpha value is -2.97. The molecular formula is C21H26N3O5+. The number of nitrogens with zero attached hydrogens (tertiary/aromatic N) is 3. The maximum absolute atomic E-state index is 12.7. The van der Waals surface area contributed by atoms with Gasteiger partial charge in [0.2, 0.25) is 0 Å². The fourth-order valence-electron chi connectivity index (χ4n) is 3.51. The zero-order chi connectivity index (χ0) is 20.9. The van der Waals surface area contributed by atoms with Crippen molar-refractivity contribution in [1.82, 2.24) is 4.90 Å². The smallest absolute Gasteiger partial charge is 0.269 e. The van der Waals surface area contributed by atoms with E-state index in [0.29, 0.717) is 29.7 Å². The Kier molecular flexibility index (Phi) is 6.46. The van der Waals surface area contributed by atoms with Crippen LogP contribution in [0.5, 0.6) is 5.75 Å². The quantitative estimate of drug-likeness (QED) is 0.436. The normalized spacial score (nSPS) is 16.8. The minimum absolute atomic E-state index is 0.0313. The lowest BCUT2D eigenvalue weighted by Crippen LogP contribution is -2.60. The summed E-state index contributed by atoms with van der Waals surface area (Å²) in [7, 11) is 2.07. The molecule has 1 atom stereocenters. The van der Waals surface area contributed by atoms with E-state index in [9.17, 15) is 20.0 Å². The van der Waals surface area contributed by atoms with E-state index >= 15 is 0 Å². The predicted octanol–water partition coefficient (Wildman–Crippen LogP) is 1.94. The van der Waals surface area contributed by atoms with Crippen LogP contribution in [0.2, 0.25) is 0 Å². The molecule has 1 aliphatic rings. The highest BCUT2D eigenvalue weighted by molar-refractivity contribution is 5.94. The van der Waals surface area contributed by atoms with Gasteiger partial charge in [0.1, 0.15) is 25.0 Å². The zero-order valence-corrected chi connectivity index (χ0v) is 16.4. The molecule has 1 amide bonds. The van der Waals surface area contributed by atoms with Crippen LogP contribution >= 0.6 is 0 Å². The first-order valence-corrected chi connectivity index (χ1v) is 9.59. The van der Waals surface area contributed by atoms with Crippen LogP contribution in [0, 0.1) is 10.1 Å². The Labute approximate surface area is 169 Å². The Balaban J connectivity index is 1.49. The van der Waals surface area contributed by atoms with E-state index in [0.717, 1.165) is 18.8 Å². The highest BCUT2D eigenvalue weighted by Crippen LogP contribution is 2.17. The number of quaternary nitrogens is 1. The van der Waals surface area contributed by atoms with E-state index in [-0.39, 0.29) is 18.2 Å². The van der Waals surface area contributed by atoms with E-state index in [1.54, 1.807) is 4.90 Å². The van der Waals surface area contributed by atoms with Crippen LogP contribution in [0.15, 0.2) is 54.6 Å². The molecule has 0 bridgehead atoms. The minimum atomic E-state index is -0.600. The average molecular weight is 400 g/mol. The van der Waals surface area contributed by atoms with Crippen LogP contribution in [-0.4, -0.2) is 77.8 Å². The minimum Gasteiger partial charge on any atom is -0.491 e. The second-order valence-electron chi connectivity index (χ2n) is 7.62. The van der Waals surface area contributed by atoms with Crippen LogP contribution in [0.4, 0.5) is 5.69 Å². The molecule has 0 saturated carbocycles. The Bertz CT molecular complexity index is 833. The molecule has 2 aromatic rings. The van der Waals surface area contributed by atoms with Crippen molar-refractivity contribution in [1.29, 1.82) is 0 Å². The van der Waals surface area contributed by atoms with Crippen LogP contribution in [-0.2, 0) is 0 Å². The van der Waals surface area contributed by atoms with Crippen LogP contribution < -0.4 is 4.74 Å². The zero-order valence-electron chi connectivity index (χ0n) is 16.4. The monoisotopic (exact) mass is 400 g/mol. The first-order valence-electron chi connectivity index (χ1n) is 9.59. The fraction of sp³-hybridized carbons (Fsp3) is 0.381. The van der Waals surface area contributed by atoms with Crippen molar-refractivity contribution in [3.63, 3.8) is 0 Å². The summed E-state index contributed by atoms with van der Waals surface area (Å²) in [6.45, 7) is 3.36. The van der Waals surface area contributed by atoms with E-state index in [1.165, 1.54) is 24.3 Å². The average Bonchev–Trinajstić information content (AvgIpc) is 2.73. The number of amides is 1. The molecule has 29 heavy (non-hydrogen) atoms. The fourth-order valence-corrected chi connectivity index (χ4v) is 3.51. The lowest BCUT2D eigenvalue weighted by Gasteiger charge is -2.42. The molecule has 1 fully saturated rings. The summed E-state index contributed by atoms with van der Waals surface area (Å²) in [5, 5.41) is 21.1. The number of carbonyl (C=O) groups is 1. The number of aliphatic hydroxyl groups is 1. The van der Waals surface area contributed by atoms with Crippen LogP contribution in [0.25, 0.3) is 0 Å². The van der Waals surface area contributed by atoms with Gasteiger partial charge in [-0.25, -0.2) is 0 Å². The van der Waals surface area contributed by atoms with Gasteiger partial charge in [0.15, 0.2) is 0 Å². The topological polar surface area (TPSA) is 92.9 Å². The number of non-ortho nitro benzene ring substituents is 1. The molecule has 1 aliphatic heterocycles. The highest BCUT2D eigenvalue weighted by Gasteiger charge is 2.33. The van der Waals surface area contributed by atoms with Gasteiger partial charge in [-0.2, -0.15) is 0 Å². The molecule has 0 aliphatic carbocycles. The van der Waals surface area contributed by atoms with Crippen molar-refractivity contribution in [2.45, 2.75) is 6.10 Å². The van der Waals surface area contributed by atoms with Gasteiger partial charge in [-0.05, 0) is 24.3 Å². The number of rotatable bonds is 7. The van der Waals surface area contributed by atoms with Crippen molar-refractivity contribution in [3.05, 3.63) is 70.3 Å². The Morgan fingerprint density at radius 1 is 1.17 bits per heavy atom. The largest absolute Gasteiger partial charge is 0.491 e.